The number of carbonyl (C=O) groups excluding carboxylic acids is 2. The lowest BCUT2D eigenvalue weighted by atomic mass is 9.94. The Balaban J connectivity index is 0.000000326. The highest BCUT2D eigenvalue weighted by Gasteiger charge is 2.18. The van der Waals surface area contributed by atoms with Gasteiger partial charge in [0.05, 0.1) is 28.6 Å². The van der Waals surface area contributed by atoms with Crippen molar-refractivity contribution >= 4 is 35.0 Å². The number of methoxy groups -OCH3 is 1. The Labute approximate surface area is 184 Å². The molecule has 2 aromatic rings. The molecule has 0 amide bonds. The first-order chi connectivity index (χ1) is 13.8. The minimum Gasteiger partial charge on any atom is -0.469 e. The molecule has 0 heterocycles. The molecule has 0 aliphatic rings. The van der Waals surface area contributed by atoms with E-state index >= 15 is 0 Å². The first-order valence-electron chi connectivity index (χ1n) is 9.94. The van der Waals surface area contributed by atoms with Crippen LogP contribution < -0.4 is 0 Å². The van der Waals surface area contributed by atoms with Crippen LogP contribution in [0.25, 0.3) is 0 Å². The van der Waals surface area contributed by atoms with E-state index in [1.165, 1.54) is 31.6 Å². The molecule has 2 rings (SSSR count). The zero-order chi connectivity index (χ0) is 21.8. The minimum absolute atomic E-state index is 0.00275. The number of benzene rings is 2. The highest BCUT2D eigenvalue weighted by molar-refractivity contribution is 6.39. The summed E-state index contributed by atoms with van der Waals surface area (Å²) in [5.41, 5.74) is 2.99. The molecule has 1 atom stereocenters. The number of rotatable bonds is 8. The van der Waals surface area contributed by atoms with Crippen LogP contribution in [-0.2, 0) is 22.4 Å². The number of ketones is 1. The van der Waals surface area contributed by atoms with Crippen LogP contribution in [0, 0.1) is 5.92 Å². The van der Waals surface area contributed by atoms with E-state index in [1.54, 1.807) is 18.2 Å². The van der Waals surface area contributed by atoms with Crippen molar-refractivity contribution in [3.8, 4) is 0 Å². The van der Waals surface area contributed by atoms with Crippen molar-refractivity contribution < 1.29 is 14.3 Å². The molecule has 0 saturated carbocycles. The molecule has 158 valence electrons. The topological polar surface area (TPSA) is 43.4 Å². The third kappa shape index (κ3) is 8.59. The minimum atomic E-state index is -0.111. The monoisotopic (exact) mass is 436 g/mol. The Bertz CT molecular complexity index is 765. The van der Waals surface area contributed by atoms with E-state index in [0.29, 0.717) is 15.6 Å². The molecule has 0 radical (unpaired) electrons. The number of ether oxygens (including phenoxy) is 1. The van der Waals surface area contributed by atoms with E-state index in [-0.39, 0.29) is 17.7 Å². The van der Waals surface area contributed by atoms with Crippen LogP contribution in [0.15, 0.2) is 42.5 Å². The van der Waals surface area contributed by atoms with Crippen molar-refractivity contribution in [2.45, 2.75) is 52.9 Å². The summed E-state index contributed by atoms with van der Waals surface area (Å²) in [6.45, 7) is 5.72. The molecule has 0 aliphatic carbocycles. The second-order valence-corrected chi connectivity index (χ2v) is 7.75. The summed E-state index contributed by atoms with van der Waals surface area (Å²) in [4.78, 5) is 22.6. The highest BCUT2D eigenvalue weighted by atomic mass is 35.5. The number of carbonyl (C=O) groups is 2. The third-order valence-electron chi connectivity index (χ3n) is 4.53. The van der Waals surface area contributed by atoms with Gasteiger partial charge in [0.15, 0.2) is 5.78 Å². The van der Waals surface area contributed by atoms with Gasteiger partial charge in [0, 0.05) is 0 Å². The van der Waals surface area contributed by atoms with Gasteiger partial charge in [-0.25, -0.2) is 0 Å². The van der Waals surface area contributed by atoms with Gasteiger partial charge in [-0.1, -0.05) is 80.2 Å². The van der Waals surface area contributed by atoms with Gasteiger partial charge in [0.25, 0.3) is 0 Å². The lowest BCUT2D eigenvalue weighted by molar-refractivity contribution is -0.145. The van der Waals surface area contributed by atoms with E-state index < -0.39 is 0 Å². The Morgan fingerprint density at radius 3 is 1.90 bits per heavy atom. The lowest BCUT2D eigenvalue weighted by Crippen LogP contribution is -2.18. The van der Waals surface area contributed by atoms with Crippen molar-refractivity contribution in [1.29, 1.82) is 0 Å². The van der Waals surface area contributed by atoms with Gasteiger partial charge in [-0.2, -0.15) is 0 Å². The molecule has 0 spiro atoms. The van der Waals surface area contributed by atoms with Crippen LogP contribution in [0.1, 0.15) is 61.5 Å². The second-order valence-electron chi connectivity index (χ2n) is 6.93. The molecule has 0 bridgehead atoms. The first-order valence-corrected chi connectivity index (χ1v) is 10.7. The van der Waals surface area contributed by atoms with Gasteiger partial charge in [0.2, 0.25) is 0 Å². The van der Waals surface area contributed by atoms with Crippen molar-refractivity contribution in [3.05, 3.63) is 69.2 Å². The van der Waals surface area contributed by atoms with Crippen LogP contribution in [0.2, 0.25) is 10.0 Å². The molecule has 3 nitrogen and oxygen atoms in total. The Kier molecular flexibility index (Phi) is 11.6. The summed E-state index contributed by atoms with van der Waals surface area (Å²) in [5.74, 6) is -0.202. The summed E-state index contributed by atoms with van der Waals surface area (Å²) >= 11 is 11.4. The van der Waals surface area contributed by atoms with E-state index in [2.05, 4.69) is 38.1 Å². The fraction of sp³-hybridized carbons (Fsp3) is 0.417. The average molecular weight is 437 g/mol. The van der Waals surface area contributed by atoms with Crippen molar-refractivity contribution in [2.75, 3.05) is 7.11 Å². The van der Waals surface area contributed by atoms with Gasteiger partial charge in [-0.3, -0.25) is 9.59 Å². The second kappa shape index (κ2) is 13.4. The fourth-order valence-electron chi connectivity index (χ4n) is 3.07. The molecule has 0 N–H and O–H groups in total. The van der Waals surface area contributed by atoms with E-state index in [0.717, 1.165) is 25.7 Å². The summed E-state index contributed by atoms with van der Waals surface area (Å²) in [7, 11) is 1.47. The highest BCUT2D eigenvalue weighted by Crippen LogP contribution is 2.24. The molecular weight excluding hydrogens is 407 g/mol. The Morgan fingerprint density at radius 2 is 1.48 bits per heavy atom. The van der Waals surface area contributed by atoms with E-state index in [9.17, 15) is 9.59 Å². The van der Waals surface area contributed by atoms with Crippen molar-refractivity contribution in [1.82, 2.24) is 0 Å². The van der Waals surface area contributed by atoms with Gasteiger partial charge in [-0.15, -0.1) is 0 Å². The molecule has 29 heavy (non-hydrogen) atoms. The lowest BCUT2D eigenvalue weighted by Gasteiger charge is -2.13. The molecule has 1 unspecified atom stereocenters. The van der Waals surface area contributed by atoms with Gasteiger partial charge in [-0.05, 0) is 49.4 Å². The molecule has 0 aromatic heterocycles. The quantitative estimate of drug-likeness (QED) is 0.331. The maximum atomic E-state index is 11.7. The number of hydrogen-bond donors (Lipinski definition) is 0. The van der Waals surface area contributed by atoms with Crippen molar-refractivity contribution in [3.63, 3.8) is 0 Å². The summed E-state index contributed by atoms with van der Waals surface area (Å²) < 4.78 is 4.86. The Hall–Kier alpha value is -1.84. The van der Waals surface area contributed by atoms with Crippen LogP contribution in [-0.4, -0.2) is 18.9 Å². The van der Waals surface area contributed by atoms with Crippen LogP contribution >= 0.6 is 23.2 Å². The smallest absolute Gasteiger partial charge is 0.308 e. The predicted octanol–water partition coefficient (Wildman–Crippen LogP) is 6.97. The van der Waals surface area contributed by atoms with Gasteiger partial charge in [0.1, 0.15) is 0 Å². The van der Waals surface area contributed by atoms with Crippen molar-refractivity contribution in [2.24, 2.45) is 5.92 Å². The molecule has 5 heteroatoms. The Morgan fingerprint density at radius 1 is 0.931 bits per heavy atom. The zero-order valence-corrected chi connectivity index (χ0v) is 19.1. The molecule has 0 aliphatic heterocycles. The van der Waals surface area contributed by atoms with Gasteiger partial charge < -0.3 is 4.74 Å². The summed E-state index contributed by atoms with van der Waals surface area (Å²) in [6, 6.07) is 13.6. The SMILES string of the molecule is CC(=O)c1c(Cl)cccc1Cl.CCCc1ccc(CC(CCC)C(=O)OC)cc1. The summed E-state index contributed by atoms with van der Waals surface area (Å²) in [6.07, 6.45) is 4.97. The third-order valence-corrected chi connectivity index (χ3v) is 5.16. The molecule has 0 saturated heterocycles. The number of hydrogen-bond acceptors (Lipinski definition) is 3. The fourth-order valence-corrected chi connectivity index (χ4v) is 3.73. The van der Waals surface area contributed by atoms with E-state index in [4.69, 9.17) is 27.9 Å². The van der Waals surface area contributed by atoms with E-state index in [1.807, 2.05) is 0 Å². The largest absolute Gasteiger partial charge is 0.469 e. The number of esters is 1. The first kappa shape index (κ1) is 25.2. The molecular formula is C24H30Cl2O3. The van der Waals surface area contributed by atoms with Crippen LogP contribution in [0.5, 0.6) is 0 Å². The normalized spacial score (nSPS) is 11.2. The standard InChI is InChI=1S/C16H24O2.C8H6Cl2O/c1-4-6-13-8-10-14(11-9-13)12-15(7-5-2)16(17)18-3;1-5(11)8-6(9)3-2-4-7(8)10/h8-11,15H,4-7,12H2,1-3H3;2-4H,1H3. The van der Waals surface area contributed by atoms with Gasteiger partial charge >= 0.3 is 5.97 Å². The zero-order valence-electron chi connectivity index (χ0n) is 17.6. The van der Waals surface area contributed by atoms with Crippen LogP contribution in [0.4, 0.5) is 0 Å². The number of aryl methyl sites for hydroxylation is 1. The molecule has 2 aromatic carbocycles. The maximum Gasteiger partial charge on any atom is 0.308 e. The number of halogens is 2. The van der Waals surface area contributed by atoms with Crippen LogP contribution in [0.3, 0.4) is 0 Å². The average Bonchev–Trinajstić information content (AvgIpc) is 2.69. The predicted molar refractivity (Wildman–Crippen MR) is 121 cm³/mol. The molecule has 0 fully saturated rings. The number of Topliss-reactive ketones (excluding diaryl/α,β-unsaturated/α-hetero) is 1. The summed E-state index contributed by atoms with van der Waals surface area (Å²) in [5, 5.41) is 0.815. The maximum absolute atomic E-state index is 11.7.